The second-order valence-corrected chi connectivity index (χ2v) is 6.90. The number of hydrogen-bond acceptors (Lipinski definition) is 2. The van der Waals surface area contributed by atoms with Crippen molar-refractivity contribution in [3.05, 3.63) is 62.4 Å². The Labute approximate surface area is 153 Å². The SMILES string of the molecule is O=C(c1c(F)cccc1I)N1CCN(c2ccccc2Cl)CC1. The highest BCUT2D eigenvalue weighted by atomic mass is 127. The maximum Gasteiger partial charge on any atom is 0.258 e. The Balaban J connectivity index is 1.72. The molecular formula is C17H15ClFIN2O. The molecule has 2 aromatic rings. The summed E-state index contributed by atoms with van der Waals surface area (Å²) in [5.74, 6) is -0.707. The summed E-state index contributed by atoms with van der Waals surface area (Å²) in [5, 5.41) is 0.705. The molecule has 120 valence electrons. The Hall–Kier alpha value is -1.34. The van der Waals surface area contributed by atoms with E-state index in [4.69, 9.17) is 11.6 Å². The number of halogens is 3. The van der Waals surface area contributed by atoms with Crippen LogP contribution in [0.1, 0.15) is 10.4 Å². The monoisotopic (exact) mass is 444 g/mol. The molecule has 2 aromatic carbocycles. The first-order valence-electron chi connectivity index (χ1n) is 7.30. The lowest BCUT2D eigenvalue weighted by atomic mass is 10.1. The van der Waals surface area contributed by atoms with Crippen LogP contribution in [0.5, 0.6) is 0 Å². The van der Waals surface area contributed by atoms with Gasteiger partial charge in [-0.2, -0.15) is 0 Å². The number of piperazine rings is 1. The smallest absolute Gasteiger partial charge is 0.258 e. The summed E-state index contributed by atoms with van der Waals surface area (Å²) in [6.07, 6.45) is 0. The van der Waals surface area contributed by atoms with E-state index in [9.17, 15) is 9.18 Å². The topological polar surface area (TPSA) is 23.6 Å². The Morgan fingerprint density at radius 3 is 2.39 bits per heavy atom. The van der Waals surface area contributed by atoms with Crippen molar-refractivity contribution in [3.8, 4) is 0 Å². The number of amides is 1. The van der Waals surface area contributed by atoms with Crippen LogP contribution in [0, 0.1) is 9.39 Å². The van der Waals surface area contributed by atoms with Crippen LogP contribution in [0.15, 0.2) is 42.5 Å². The van der Waals surface area contributed by atoms with Gasteiger partial charge in [-0.3, -0.25) is 4.79 Å². The zero-order chi connectivity index (χ0) is 16.4. The summed E-state index contributed by atoms with van der Waals surface area (Å²) in [6, 6.07) is 12.4. The second-order valence-electron chi connectivity index (χ2n) is 5.33. The lowest BCUT2D eigenvalue weighted by molar-refractivity contribution is 0.0741. The molecule has 1 aliphatic rings. The molecule has 1 fully saturated rings. The van der Waals surface area contributed by atoms with Crippen molar-refractivity contribution in [1.29, 1.82) is 0 Å². The molecule has 1 heterocycles. The molecule has 1 aliphatic heterocycles. The van der Waals surface area contributed by atoms with Gasteiger partial charge in [0.15, 0.2) is 0 Å². The fourth-order valence-electron chi connectivity index (χ4n) is 2.72. The average Bonchev–Trinajstić information content (AvgIpc) is 2.55. The maximum absolute atomic E-state index is 14.0. The van der Waals surface area contributed by atoms with Crippen molar-refractivity contribution in [3.63, 3.8) is 0 Å². The quantitative estimate of drug-likeness (QED) is 0.653. The molecule has 0 radical (unpaired) electrons. The van der Waals surface area contributed by atoms with Gasteiger partial charge >= 0.3 is 0 Å². The Morgan fingerprint density at radius 2 is 1.74 bits per heavy atom. The van der Waals surface area contributed by atoms with Gasteiger partial charge in [0.25, 0.3) is 5.91 Å². The second kappa shape index (κ2) is 7.05. The predicted octanol–water partition coefficient (Wildman–Crippen LogP) is 4.05. The zero-order valence-corrected chi connectivity index (χ0v) is 15.2. The summed E-state index contributed by atoms with van der Waals surface area (Å²) < 4.78 is 14.6. The summed E-state index contributed by atoms with van der Waals surface area (Å²) in [5.41, 5.74) is 1.14. The first-order chi connectivity index (χ1) is 11.1. The minimum Gasteiger partial charge on any atom is -0.367 e. The molecule has 0 saturated carbocycles. The molecule has 0 N–H and O–H groups in total. The van der Waals surface area contributed by atoms with E-state index in [0.717, 1.165) is 5.69 Å². The highest BCUT2D eigenvalue weighted by Crippen LogP contribution is 2.26. The van der Waals surface area contributed by atoms with Crippen molar-refractivity contribution < 1.29 is 9.18 Å². The van der Waals surface area contributed by atoms with Crippen LogP contribution < -0.4 is 4.90 Å². The molecule has 3 nitrogen and oxygen atoms in total. The maximum atomic E-state index is 14.0. The Kier molecular flexibility index (Phi) is 5.06. The van der Waals surface area contributed by atoms with Gasteiger partial charge < -0.3 is 9.80 Å². The van der Waals surface area contributed by atoms with Crippen LogP contribution in [0.25, 0.3) is 0 Å². The van der Waals surface area contributed by atoms with Crippen LogP contribution in [-0.4, -0.2) is 37.0 Å². The molecule has 1 amide bonds. The fourth-order valence-corrected chi connectivity index (χ4v) is 3.67. The normalized spacial score (nSPS) is 14.9. The van der Waals surface area contributed by atoms with Gasteiger partial charge in [-0.25, -0.2) is 4.39 Å². The molecule has 3 rings (SSSR count). The number of benzene rings is 2. The summed E-state index contributed by atoms with van der Waals surface area (Å²) >= 11 is 8.22. The largest absolute Gasteiger partial charge is 0.367 e. The van der Waals surface area contributed by atoms with Crippen molar-refractivity contribution in [1.82, 2.24) is 4.90 Å². The fraction of sp³-hybridized carbons (Fsp3) is 0.235. The van der Waals surface area contributed by atoms with E-state index in [0.29, 0.717) is 34.8 Å². The summed E-state index contributed by atoms with van der Waals surface area (Å²) in [7, 11) is 0. The molecule has 0 aromatic heterocycles. The van der Waals surface area contributed by atoms with E-state index in [1.807, 2.05) is 46.9 Å². The van der Waals surface area contributed by atoms with Crippen molar-refractivity contribution in [2.75, 3.05) is 31.1 Å². The number of para-hydroxylation sites is 1. The van der Waals surface area contributed by atoms with Crippen LogP contribution in [-0.2, 0) is 0 Å². The van der Waals surface area contributed by atoms with Crippen molar-refractivity contribution >= 4 is 45.8 Å². The van der Waals surface area contributed by atoms with E-state index < -0.39 is 5.82 Å². The third-order valence-corrected chi connectivity index (χ3v) is 5.16. The number of hydrogen-bond donors (Lipinski definition) is 0. The number of carbonyl (C=O) groups is 1. The van der Waals surface area contributed by atoms with E-state index in [-0.39, 0.29) is 11.5 Å². The van der Waals surface area contributed by atoms with Crippen LogP contribution in [0.4, 0.5) is 10.1 Å². The van der Waals surface area contributed by atoms with Crippen molar-refractivity contribution in [2.24, 2.45) is 0 Å². The molecule has 0 bridgehead atoms. The van der Waals surface area contributed by atoms with Gasteiger partial charge in [0.05, 0.1) is 16.3 Å². The molecule has 6 heteroatoms. The number of rotatable bonds is 2. The van der Waals surface area contributed by atoms with Crippen molar-refractivity contribution in [2.45, 2.75) is 0 Å². The van der Waals surface area contributed by atoms with E-state index in [2.05, 4.69) is 4.90 Å². The first-order valence-corrected chi connectivity index (χ1v) is 8.76. The lowest BCUT2D eigenvalue weighted by Gasteiger charge is -2.36. The molecule has 0 aliphatic carbocycles. The molecule has 23 heavy (non-hydrogen) atoms. The highest BCUT2D eigenvalue weighted by Gasteiger charge is 2.26. The zero-order valence-electron chi connectivity index (χ0n) is 12.3. The predicted molar refractivity (Wildman–Crippen MR) is 98.7 cm³/mol. The average molecular weight is 445 g/mol. The summed E-state index contributed by atoms with van der Waals surface area (Å²) in [6.45, 7) is 2.46. The van der Waals surface area contributed by atoms with E-state index in [1.165, 1.54) is 6.07 Å². The molecule has 0 spiro atoms. The van der Waals surface area contributed by atoms with Crippen LogP contribution in [0.3, 0.4) is 0 Å². The van der Waals surface area contributed by atoms with Gasteiger partial charge in [-0.15, -0.1) is 0 Å². The van der Waals surface area contributed by atoms with Gasteiger partial charge in [-0.1, -0.05) is 29.8 Å². The molecular weight excluding hydrogens is 430 g/mol. The first kappa shape index (κ1) is 16.5. The van der Waals surface area contributed by atoms with Gasteiger partial charge in [0.1, 0.15) is 5.82 Å². The molecule has 0 unspecified atom stereocenters. The number of nitrogens with zero attached hydrogens (tertiary/aromatic N) is 2. The van der Waals surface area contributed by atoms with Gasteiger partial charge in [-0.05, 0) is 46.9 Å². The van der Waals surface area contributed by atoms with Crippen LogP contribution >= 0.6 is 34.2 Å². The number of carbonyl (C=O) groups excluding carboxylic acids is 1. The van der Waals surface area contributed by atoms with Crippen LogP contribution in [0.2, 0.25) is 5.02 Å². The van der Waals surface area contributed by atoms with E-state index >= 15 is 0 Å². The Bertz CT molecular complexity index is 712. The molecule has 0 atom stereocenters. The summed E-state index contributed by atoms with van der Waals surface area (Å²) in [4.78, 5) is 16.4. The third-order valence-electron chi connectivity index (χ3n) is 3.94. The highest BCUT2D eigenvalue weighted by molar-refractivity contribution is 14.1. The number of anilines is 1. The Morgan fingerprint density at radius 1 is 1.04 bits per heavy atom. The minimum absolute atomic E-state index is 0.166. The van der Waals surface area contributed by atoms with E-state index in [1.54, 1.807) is 17.0 Å². The van der Waals surface area contributed by atoms with Gasteiger partial charge in [0, 0.05) is 29.7 Å². The minimum atomic E-state index is -0.463. The standard InChI is InChI=1S/C17H15ClFIN2O/c18-12-4-1-2-7-15(12)21-8-10-22(11-9-21)17(23)16-13(19)5-3-6-14(16)20/h1-7H,8-11H2. The van der Waals surface area contributed by atoms with Gasteiger partial charge in [0.2, 0.25) is 0 Å². The third kappa shape index (κ3) is 3.45. The molecule has 1 saturated heterocycles. The lowest BCUT2D eigenvalue weighted by Crippen LogP contribution is -2.49.